The molecule has 0 radical (unpaired) electrons. The van der Waals surface area contributed by atoms with Crippen LogP contribution in [0.5, 0.6) is 0 Å². The molecule has 6 aliphatic heterocycles. The number of anilines is 4. The molecular formula is C49H52F3N11O6S. The van der Waals surface area contributed by atoms with Crippen molar-refractivity contribution in [2.45, 2.75) is 57.2 Å². The number of ketones is 1. The van der Waals surface area contributed by atoms with Crippen molar-refractivity contribution in [1.29, 1.82) is 0 Å². The van der Waals surface area contributed by atoms with Crippen LogP contribution in [0.1, 0.15) is 60.0 Å². The monoisotopic (exact) mass is 979 g/mol. The summed E-state index contributed by atoms with van der Waals surface area (Å²) in [6.45, 7) is 6.99. The van der Waals surface area contributed by atoms with Crippen LogP contribution < -0.4 is 30.1 Å². The summed E-state index contributed by atoms with van der Waals surface area (Å²) < 4.78 is 73.2. The summed E-state index contributed by atoms with van der Waals surface area (Å²) in [5.41, 5.74) is 3.78. The molecule has 21 heteroatoms. The molecule has 17 nitrogen and oxygen atoms in total. The number of aromatic amines is 1. The van der Waals surface area contributed by atoms with Crippen LogP contribution in [0.4, 0.5) is 40.8 Å². The Morgan fingerprint density at radius 3 is 2.40 bits per heavy atom. The molecule has 0 saturated carbocycles. The van der Waals surface area contributed by atoms with Crippen LogP contribution in [0.3, 0.4) is 0 Å². The Kier molecular flexibility index (Phi) is 11.8. The fraction of sp³-hybridized carbons (Fsp3) is 0.429. The van der Waals surface area contributed by atoms with Gasteiger partial charge >= 0.3 is 16.2 Å². The molecule has 11 rings (SSSR count). The van der Waals surface area contributed by atoms with E-state index in [2.05, 4.69) is 52.4 Å². The number of amides is 4. The van der Waals surface area contributed by atoms with Crippen LogP contribution in [0.25, 0.3) is 22.2 Å². The number of nitrogens with one attached hydrogen (secondary N) is 4. The van der Waals surface area contributed by atoms with Gasteiger partial charge in [-0.2, -0.15) is 12.7 Å². The minimum atomic E-state index is -4.36. The first-order valence-electron chi connectivity index (χ1n) is 23.8. The quantitative estimate of drug-likeness (QED) is 0.101. The number of aromatic nitrogens is 3. The molecule has 2 atom stereocenters. The normalized spacial score (nSPS) is 21.9. The molecule has 5 aromatic rings. The number of carbonyl (C=O) groups is 4. The highest BCUT2D eigenvalue weighted by molar-refractivity contribution is 7.90. The van der Waals surface area contributed by atoms with Crippen molar-refractivity contribution in [2.24, 2.45) is 11.3 Å². The topological polar surface area (TPSA) is 196 Å². The molecule has 2 aromatic carbocycles. The van der Waals surface area contributed by atoms with Crippen molar-refractivity contribution < 1.29 is 40.8 Å². The molecule has 9 heterocycles. The Bertz CT molecular complexity index is 3020. The van der Waals surface area contributed by atoms with Crippen molar-refractivity contribution >= 4 is 67.8 Å². The first-order valence-corrected chi connectivity index (χ1v) is 25.3. The average Bonchev–Trinajstić information content (AvgIpc) is 3.98. The lowest BCUT2D eigenvalue weighted by molar-refractivity contribution is -0.134. The van der Waals surface area contributed by atoms with Gasteiger partial charge in [-0.05, 0) is 86.4 Å². The van der Waals surface area contributed by atoms with E-state index in [1.807, 2.05) is 22.9 Å². The summed E-state index contributed by atoms with van der Waals surface area (Å²) >= 11 is 0. The van der Waals surface area contributed by atoms with E-state index in [1.165, 1.54) is 6.20 Å². The van der Waals surface area contributed by atoms with Crippen LogP contribution in [0.2, 0.25) is 0 Å². The molecule has 5 saturated heterocycles. The third-order valence-electron chi connectivity index (χ3n) is 14.8. The number of rotatable bonds is 11. The lowest BCUT2D eigenvalue weighted by Gasteiger charge is -2.62. The Hall–Kier alpha value is -6.58. The average molecular weight is 980 g/mol. The molecule has 4 amide bonds. The predicted octanol–water partition coefficient (Wildman–Crippen LogP) is 5.14. The maximum absolute atomic E-state index is 15.8. The van der Waals surface area contributed by atoms with Crippen LogP contribution in [0, 0.1) is 23.0 Å². The molecule has 1 unspecified atom stereocenters. The minimum absolute atomic E-state index is 0.00378. The van der Waals surface area contributed by atoms with Crippen molar-refractivity contribution in [3.8, 4) is 11.1 Å². The molecule has 6 aliphatic rings. The molecule has 366 valence electrons. The molecule has 70 heavy (non-hydrogen) atoms. The van der Waals surface area contributed by atoms with Gasteiger partial charge in [-0.25, -0.2) is 27.9 Å². The van der Waals surface area contributed by atoms with Crippen molar-refractivity contribution in [1.82, 2.24) is 34.8 Å². The van der Waals surface area contributed by atoms with Gasteiger partial charge < -0.3 is 25.0 Å². The zero-order chi connectivity index (χ0) is 48.5. The number of alkyl halides is 1. The summed E-state index contributed by atoms with van der Waals surface area (Å²) in [6.07, 6.45) is 7.62. The van der Waals surface area contributed by atoms with Gasteiger partial charge in [-0.1, -0.05) is 12.1 Å². The predicted molar refractivity (Wildman–Crippen MR) is 256 cm³/mol. The van der Waals surface area contributed by atoms with Crippen LogP contribution >= 0.6 is 0 Å². The zero-order valence-corrected chi connectivity index (χ0v) is 39.0. The molecule has 5 fully saturated rings. The molecule has 1 spiro atoms. The van der Waals surface area contributed by atoms with Gasteiger partial charge in [-0.3, -0.25) is 29.3 Å². The number of hydrogen-bond acceptors (Lipinski definition) is 11. The number of piperidine rings is 2. The van der Waals surface area contributed by atoms with Crippen LogP contribution in [0.15, 0.2) is 67.1 Å². The SMILES string of the molecule is O=C1CCC(NC(=O)N2CCCc3c(N4CC5(CN(CC6CCN(c7ccc(-c8cnc9[nH]cc(C(=O)c%10c(F)ccc(NS(=O)(=O)N%11CC[C@@H](F)C%11)c%10F)c9c8)cc7)CC6)C5)C4)ccnc32)C(=O)N1. The summed E-state index contributed by atoms with van der Waals surface area (Å²) in [5.74, 6) is -3.12. The third-order valence-corrected chi connectivity index (χ3v) is 16.3. The van der Waals surface area contributed by atoms with Crippen molar-refractivity contribution in [2.75, 3.05) is 84.9 Å². The second-order valence-electron chi connectivity index (χ2n) is 19.6. The van der Waals surface area contributed by atoms with E-state index in [-0.39, 0.29) is 55.3 Å². The number of halogens is 3. The number of pyridine rings is 2. The molecular weight excluding hydrogens is 928 g/mol. The largest absolute Gasteiger partial charge is 0.372 e. The number of hydrogen-bond donors (Lipinski definition) is 4. The van der Waals surface area contributed by atoms with E-state index in [0.717, 1.165) is 110 Å². The lowest BCUT2D eigenvalue weighted by atomic mass is 9.72. The zero-order valence-electron chi connectivity index (χ0n) is 38.2. The smallest absolute Gasteiger partial charge is 0.323 e. The van der Waals surface area contributed by atoms with Crippen molar-refractivity contribution in [3.05, 3.63) is 95.4 Å². The number of H-pyrrole nitrogens is 1. The summed E-state index contributed by atoms with van der Waals surface area (Å²) in [5, 5.41) is 5.44. The molecule has 4 N–H and O–H groups in total. The molecule has 0 aliphatic carbocycles. The van der Waals surface area contributed by atoms with E-state index < -0.39 is 57.0 Å². The van der Waals surface area contributed by atoms with Gasteiger partial charge in [0, 0.05) is 129 Å². The van der Waals surface area contributed by atoms with Gasteiger partial charge in [0.15, 0.2) is 5.82 Å². The second kappa shape index (κ2) is 18.0. The van der Waals surface area contributed by atoms with Crippen molar-refractivity contribution in [3.63, 3.8) is 0 Å². The van der Waals surface area contributed by atoms with E-state index in [0.29, 0.717) is 34.9 Å². The fourth-order valence-corrected chi connectivity index (χ4v) is 12.5. The highest BCUT2D eigenvalue weighted by Crippen LogP contribution is 2.45. The fourth-order valence-electron chi connectivity index (χ4n) is 11.2. The summed E-state index contributed by atoms with van der Waals surface area (Å²) in [4.78, 5) is 72.0. The Morgan fingerprint density at radius 1 is 0.871 bits per heavy atom. The van der Waals surface area contributed by atoms with Gasteiger partial charge in [0.2, 0.25) is 17.6 Å². The van der Waals surface area contributed by atoms with Gasteiger partial charge in [0.1, 0.15) is 29.5 Å². The van der Waals surface area contributed by atoms with E-state index in [4.69, 9.17) is 0 Å². The first-order chi connectivity index (χ1) is 33.7. The lowest BCUT2D eigenvalue weighted by Crippen LogP contribution is -2.72. The van der Waals surface area contributed by atoms with Gasteiger partial charge in [-0.15, -0.1) is 0 Å². The standard InChI is InChI=1S/C49H52F3N11O6S/c50-32-14-19-62(24-32)70(68,69)58-38-8-7-37(51)42(43(38)52)44(65)36-22-55-45-35(36)20-31(21-54-45)30-3-5-33(6-4-30)60-17-12-29(13-18-60)23-59-25-49(26-59)27-61(28-49)40-11-15-53-46-34(40)2-1-16-63(46)48(67)56-39-9-10-41(64)57-47(39)66/h3-8,11,15,20-22,29,32,39,58H,1-2,9-10,12-14,16-19,23-28H2,(H,54,55)(H,56,67)(H,57,64,66)/t32-,39?/m1/s1. The Labute approximate surface area is 402 Å². The first kappa shape index (κ1) is 45.8. The minimum Gasteiger partial charge on any atom is -0.372 e. The summed E-state index contributed by atoms with van der Waals surface area (Å²) in [7, 11) is -4.36. The highest BCUT2D eigenvalue weighted by Gasteiger charge is 2.52. The number of imide groups is 1. The highest BCUT2D eigenvalue weighted by atomic mass is 32.2. The van der Waals surface area contributed by atoms with Crippen LogP contribution in [-0.4, -0.2) is 134 Å². The van der Waals surface area contributed by atoms with E-state index in [9.17, 15) is 32.0 Å². The number of benzene rings is 2. The van der Waals surface area contributed by atoms with Gasteiger partial charge in [0.05, 0.1) is 11.3 Å². The third kappa shape index (κ3) is 8.61. The van der Waals surface area contributed by atoms with Crippen LogP contribution in [-0.2, 0) is 26.2 Å². The van der Waals surface area contributed by atoms with E-state index in [1.54, 1.807) is 23.4 Å². The maximum Gasteiger partial charge on any atom is 0.323 e. The Balaban J connectivity index is 0.671. The number of likely N-dealkylation sites (tertiary alicyclic amines) is 1. The molecule has 3 aromatic heterocycles. The number of fused-ring (bicyclic) bond motifs is 2. The maximum atomic E-state index is 15.8. The second-order valence-corrected chi connectivity index (χ2v) is 21.3. The number of nitrogens with zero attached hydrogens (tertiary/aromatic N) is 7. The van der Waals surface area contributed by atoms with Gasteiger partial charge in [0.25, 0.3) is 0 Å². The summed E-state index contributed by atoms with van der Waals surface area (Å²) in [6, 6.07) is 12.4. The Morgan fingerprint density at radius 2 is 1.66 bits per heavy atom. The number of urea groups is 1. The van der Waals surface area contributed by atoms with E-state index >= 15 is 8.78 Å². The molecule has 0 bridgehead atoms. The number of carbonyl (C=O) groups excluding carboxylic acids is 4.